The molecule has 3 N–H and O–H groups in total. The third kappa shape index (κ3) is 6.33. The van der Waals surface area contributed by atoms with Crippen LogP contribution in [-0.4, -0.2) is 37.1 Å². The molecule has 1 aromatic heterocycles. The van der Waals surface area contributed by atoms with Crippen molar-refractivity contribution in [2.75, 3.05) is 26.0 Å². The molecule has 7 nitrogen and oxygen atoms in total. The van der Waals surface area contributed by atoms with Crippen molar-refractivity contribution in [2.45, 2.75) is 0 Å². The van der Waals surface area contributed by atoms with Gasteiger partial charge in [-0.15, -0.1) is 0 Å². The molecule has 32 heavy (non-hydrogen) atoms. The lowest BCUT2D eigenvalue weighted by atomic mass is 10.0. The molecule has 0 spiro atoms. The Labute approximate surface area is 190 Å². The van der Waals surface area contributed by atoms with E-state index in [1.807, 2.05) is 18.2 Å². The average molecular weight is 452 g/mol. The lowest BCUT2D eigenvalue weighted by Gasteiger charge is -2.10. The third-order valence-electron chi connectivity index (χ3n) is 4.47. The van der Waals surface area contributed by atoms with Gasteiger partial charge in [-0.25, -0.2) is 9.78 Å². The molecule has 0 aliphatic rings. The highest BCUT2D eigenvalue weighted by Crippen LogP contribution is 2.30. The molecular formula is C24H22ClN3O4. The zero-order valence-electron chi connectivity index (χ0n) is 17.4. The van der Waals surface area contributed by atoms with Gasteiger partial charge in [-0.1, -0.05) is 29.8 Å². The van der Waals surface area contributed by atoms with Crippen molar-refractivity contribution in [1.29, 1.82) is 0 Å². The van der Waals surface area contributed by atoms with Gasteiger partial charge in [0.1, 0.15) is 18.2 Å². The lowest BCUT2D eigenvalue weighted by molar-refractivity contribution is -0.116. The molecule has 0 saturated heterocycles. The summed E-state index contributed by atoms with van der Waals surface area (Å²) in [6.07, 6.45) is 4.65. The number of carbonyl (C=O) groups is 2. The van der Waals surface area contributed by atoms with Crippen molar-refractivity contribution in [2.24, 2.45) is 0 Å². The van der Waals surface area contributed by atoms with E-state index in [4.69, 9.17) is 26.8 Å². The van der Waals surface area contributed by atoms with E-state index in [1.54, 1.807) is 48.7 Å². The Morgan fingerprint density at radius 2 is 1.84 bits per heavy atom. The first kappa shape index (κ1) is 22.8. The number of anilines is 1. The van der Waals surface area contributed by atoms with Crippen LogP contribution in [-0.2, 0) is 9.53 Å². The molecule has 0 aliphatic heterocycles. The quantitative estimate of drug-likeness (QED) is 0.305. The first-order chi connectivity index (χ1) is 15.5. The summed E-state index contributed by atoms with van der Waals surface area (Å²) >= 11 is 6.34. The number of hydrogen-bond donors (Lipinski definition) is 2. The maximum atomic E-state index is 11.9. The summed E-state index contributed by atoms with van der Waals surface area (Å²) in [4.78, 5) is 27.4. The Kier molecular flexibility index (Phi) is 7.83. The van der Waals surface area contributed by atoms with Crippen LogP contribution in [0.25, 0.3) is 17.2 Å². The second-order valence-electron chi connectivity index (χ2n) is 6.70. The zero-order valence-corrected chi connectivity index (χ0v) is 18.1. The van der Waals surface area contributed by atoms with Gasteiger partial charge in [-0.2, -0.15) is 0 Å². The number of aromatic nitrogens is 1. The lowest BCUT2D eigenvalue weighted by Crippen LogP contribution is -2.26. The fourth-order valence-electron chi connectivity index (χ4n) is 2.80. The van der Waals surface area contributed by atoms with Crippen LogP contribution < -0.4 is 15.8 Å². The highest BCUT2D eigenvalue weighted by molar-refractivity contribution is 6.32. The minimum absolute atomic E-state index is 0.248. The number of nitrogens with zero attached hydrogens (tertiary/aromatic N) is 1. The van der Waals surface area contributed by atoms with Crippen molar-refractivity contribution in [3.63, 3.8) is 0 Å². The number of rotatable bonds is 8. The molecule has 0 bridgehead atoms. The number of nitrogens with two attached hydrogens (primary N) is 1. The van der Waals surface area contributed by atoms with Crippen molar-refractivity contribution in [3.05, 3.63) is 83.0 Å². The monoisotopic (exact) mass is 451 g/mol. The number of benzene rings is 2. The van der Waals surface area contributed by atoms with Gasteiger partial charge in [0.15, 0.2) is 0 Å². The molecule has 3 rings (SSSR count). The molecule has 0 saturated carbocycles. The Hall–Kier alpha value is -3.84. The molecule has 0 aliphatic carbocycles. The first-order valence-corrected chi connectivity index (χ1v) is 10.1. The number of ether oxygens (including phenoxy) is 2. The van der Waals surface area contributed by atoms with E-state index in [0.29, 0.717) is 28.7 Å². The number of methoxy groups -OCH3 is 1. The van der Waals surface area contributed by atoms with Crippen molar-refractivity contribution >= 4 is 35.4 Å². The van der Waals surface area contributed by atoms with E-state index in [2.05, 4.69) is 10.3 Å². The minimum atomic E-state index is -0.386. The Morgan fingerprint density at radius 3 is 2.50 bits per heavy atom. The summed E-state index contributed by atoms with van der Waals surface area (Å²) < 4.78 is 10.4. The second kappa shape index (κ2) is 11.0. The van der Waals surface area contributed by atoms with Gasteiger partial charge in [0.25, 0.3) is 0 Å². The summed E-state index contributed by atoms with van der Waals surface area (Å²) in [6, 6.07) is 15.9. The molecule has 0 atom stereocenters. The van der Waals surface area contributed by atoms with Crippen molar-refractivity contribution in [3.8, 4) is 16.9 Å². The van der Waals surface area contributed by atoms with Crippen LogP contribution in [0.1, 0.15) is 15.9 Å². The summed E-state index contributed by atoms with van der Waals surface area (Å²) in [5.41, 5.74) is 8.57. The van der Waals surface area contributed by atoms with Crippen LogP contribution in [0.5, 0.6) is 5.75 Å². The number of amides is 1. The maximum Gasteiger partial charge on any atom is 0.337 e. The summed E-state index contributed by atoms with van der Waals surface area (Å²) in [6.45, 7) is 0.576. The summed E-state index contributed by atoms with van der Waals surface area (Å²) in [7, 11) is 1.34. The predicted molar refractivity (Wildman–Crippen MR) is 124 cm³/mol. The predicted octanol–water partition coefficient (Wildman–Crippen LogP) is 3.98. The van der Waals surface area contributed by atoms with Crippen LogP contribution in [0.15, 0.2) is 66.9 Å². The van der Waals surface area contributed by atoms with Crippen LogP contribution in [0.4, 0.5) is 5.82 Å². The van der Waals surface area contributed by atoms with Gasteiger partial charge in [0, 0.05) is 12.3 Å². The van der Waals surface area contributed by atoms with E-state index in [1.165, 1.54) is 13.2 Å². The second-order valence-corrected chi connectivity index (χ2v) is 7.11. The Balaban J connectivity index is 1.49. The Bertz CT molecular complexity index is 1110. The summed E-state index contributed by atoms with van der Waals surface area (Å²) in [5, 5.41) is 3.18. The average Bonchev–Trinajstić information content (AvgIpc) is 2.82. The maximum absolute atomic E-state index is 11.9. The van der Waals surface area contributed by atoms with Gasteiger partial charge >= 0.3 is 5.97 Å². The number of nitrogens with one attached hydrogen (secondary N) is 1. The third-order valence-corrected chi connectivity index (χ3v) is 4.76. The number of esters is 1. The number of carbonyl (C=O) groups excluding carboxylic acids is 2. The van der Waals surface area contributed by atoms with E-state index in [-0.39, 0.29) is 18.5 Å². The van der Waals surface area contributed by atoms with E-state index < -0.39 is 0 Å². The van der Waals surface area contributed by atoms with E-state index in [9.17, 15) is 9.59 Å². The topological polar surface area (TPSA) is 104 Å². The molecular weight excluding hydrogens is 430 g/mol. The fourth-order valence-corrected chi connectivity index (χ4v) is 3.03. The van der Waals surface area contributed by atoms with E-state index in [0.717, 1.165) is 16.7 Å². The van der Waals surface area contributed by atoms with Gasteiger partial charge in [0.2, 0.25) is 5.91 Å². The van der Waals surface area contributed by atoms with Crippen molar-refractivity contribution < 1.29 is 19.1 Å². The van der Waals surface area contributed by atoms with Gasteiger partial charge in [-0.3, -0.25) is 4.79 Å². The largest absolute Gasteiger partial charge is 0.490 e. The van der Waals surface area contributed by atoms with Crippen LogP contribution in [0.3, 0.4) is 0 Å². The Morgan fingerprint density at radius 1 is 1.09 bits per heavy atom. The molecule has 164 valence electrons. The number of pyridine rings is 1. The molecule has 1 heterocycles. The smallest absolute Gasteiger partial charge is 0.337 e. The SMILES string of the molecule is COC(=O)c1ccc(-c2ccc(OCCNC(=O)C=Cc3ccc(N)nc3)c(Cl)c2)cc1. The molecule has 3 aromatic rings. The first-order valence-electron chi connectivity index (χ1n) is 9.75. The molecule has 1 amide bonds. The van der Waals surface area contributed by atoms with Crippen LogP contribution >= 0.6 is 11.6 Å². The highest BCUT2D eigenvalue weighted by Gasteiger charge is 2.08. The summed E-state index contributed by atoms with van der Waals surface area (Å²) in [5.74, 6) is 0.302. The highest BCUT2D eigenvalue weighted by atomic mass is 35.5. The fraction of sp³-hybridized carbons (Fsp3) is 0.125. The molecule has 8 heteroatoms. The van der Waals surface area contributed by atoms with Gasteiger partial charge in [-0.05, 0) is 59.2 Å². The van der Waals surface area contributed by atoms with Crippen LogP contribution in [0, 0.1) is 0 Å². The van der Waals surface area contributed by atoms with Crippen molar-refractivity contribution in [1.82, 2.24) is 10.3 Å². The zero-order chi connectivity index (χ0) is 22.9. The molecule has 0 fully saturated rings. The standard InChI is InChI=1S/C24H22ClN3O4/c1-31-24(30)18-6-4-17(5-7-18)19-8-9-21(20(25)14-19)32-13-12-27-23(29)11-3-16-2-10-22(26)28-15-16/h2-11,14-15H,12-13H2,1H3,(H2,26,28)(H,27,29). The van der Waals surface area contributed by atoms with Crippen LogP contribution in [0.2, 0.25) is 5.02 Å². The number of nitrogen functional groups attached to an aromatic ring is 1. The minimum Gasteiger partial charge on any atom is -0.490 e. The molecule has 2 aromatic carbocycles. The van der Waals surface area contributed by atoms with Gasteiger partial charge in [0.05, 0.1) is 24.2 Å². The molecule has 0 unspecified atom stereocenters. The number of halogens is 1. The molecule has 0 radical (unpaired) electrons. The van der Waals surface area contributed by atoms with E-state index >= 15 is 0 Å². The van der Waals surface area contributed by atoms with Gasteiger partial charge < -0.3 is 20.5 Å². The number of hydrogen-bond acceptors (Lipinski definition) is 6. The normalized spacial score (nSPS) is 10.7.